The first-order valence-electron chi connectivity index (χ1n) is 12.8. The van der Waals surface area contributed by atoms with E-state index in [0.29, 0.717) is 30.2 Å². The molecule has 4 rings (SSSR count). The van der Waals surface area contributed by atoms with Gasteiger partial charge in [-0.15, -0.1) is 0 Å². The summed E-state index contributed by atoms with van der Waals surface area (Å²) in [5, 5.41) is 26.2. The summed E-state index contributed by atoms with van der Waals surface area (Å²) in [6, 6.07) is 10.1. The van der Waals surface area contributed by atoms with Crippen LogP contribution in [0.25, 0.3) is 11.5 Å². The standard InChI is InChI=1S/C28H34N6O4/c1-17(2)37-25-20(15-29)13-21(16-31-25)26-32-27(33-38-26)34-11-9-19-12-18(6-7-23(19)34)22(14-28(3,4)5)30-10-8-24(35)36/h6-7,12-13,16-17,22,30H,8-11,14H2,1-5H3,(H,35,36)/t22-/m0/s1. The number of benzene rings is 1. The molecule has 10 nitrogen and oxygen atoms in total. The van der Waals surface area contributed by atoms with E-state index in [4.69, 9.17) is 14.4 Å². The third-order valence-corrected chi connectivity index (χ3v) is 6.17. The Balaban J connectivity index is 1.54. The summed E-state index contributed by atoms with van der Waals surface area (Å²) in [5.41, 5.74) is 4.25. The summed E-state index contributed by atoms with van der Waals surface area (Å²) >= 11 is 0. The maximum absolute atomic E-state index is 11.0. The number of hydrogen-bond acceptors (Lipinski definition) is 9. The van der Waals surface area contributed by atoms with Gasteiger partial charge in [-0.3, -0.25) is 4.79 Å². The van der Waals surface area contributed by atoms with Crippen LogP contribution in [0.15, 0.2) is 35.0 Å². The average molecular weight is 519 g/mol. The predicted octanol–water partition coefficient (Wildman–Crippen LogP) is 5.03. The molecule has 200 valence electrons. The Labute approximate surface area is 222 Å². The lowest BCUT2D eigenvalue weighted by atomic mass is 9.85. The molecular formula is C28H34N6O4. The minimum absolute atomic E-state index is 0.0509. The topological polar surface area (TPSA) is 137 Å². The fourth-order valence-electron chi connectivity index (χ4n) is 4.53. The van der Waals surface area contributed by atoms with Gasteiger partial charge in [0.1, 0.15) is 11.6 Å². The van der Waals surface area contributed by atoms with E-state index in [9.17, 15) is 10.1 Å². The van der Waals surface area contributed by atoms with E-state index >= 15 is 0 Å². The van der Waals surface area contributed by atoms with Gasteiger partial charge in [0, 0.05) is 31.0 Å². The zero-order chi connectivity index (χ0) is 27.4. The second-order valence-electron chi connectivity index (χ2n) is 11.0. The zero-order valence-corrected chi connectivity index (χ0v) is 22.5. The highest BCUT2D eigenvalue weighted by molar-refractivity contribution is 5.68. The van der Waals surface area contributed by atoms with Crippen molar-refractivity contribution in [3.05, 3.63) is 47.2 Å². The number of aliphatic carboxylic acids is 1. The van der Waals surface area contributed by atoms with Crippen molar-refractivity contribution < 1.29 is 19.2 Å². The number of nitrogens with zero attached hydrogens (tertiary/aromatic N) is 5. The van der Waals surface area contributed by atoms with Crippen molar-refractivity contribution in [1.29, 1.82) is 5.26 Å². The van der Waals surface area contributed by atoms with Gasteiger partial charge in [0.15, 0.2) is 0 Å². The Bertz CT molecular complexity index is 1340. The van der Waals surface area contributed by atoms with Gasteiger partial charge in [-0.25, -0.2) is 4.98 Å². The molecule has 0 saturated heterocycles. The Kier molecular flexibility index (Phi) is 7.97. The van der Waals surface area contributed by atoms with Crippen molar-refractivity contribution in [2.75, 3.05) is 18.0 Å². The van der Waals surface area contributed by atoms with E-state index in [-0.39, 0.29) is 35.8 Å². The smallest absolute Gasteiger partial charge is 0.304 e. The van der Waals surface area contributed by atoms with E-state index in [1.54, 1.807) is 12.3 Å². The highest BCUT2D eigenvalue weighted by atomic mass is 16.5. The van der Waals surface area contributed by atoms with Gasteiger partial charge in [0.05, 0.1) is 18.1 Å². The van der Waals surface area contributed by atoms with E-state index in [0.717, 1.165) is 24.1 Å². The predicted molar refractivity (Wildman–Crippen MR) is 142 cm³/mol. The molecule has 2 aromatic heterocycles. The van der Waals surface area contributed by atoms with Crippen molar-refractivity contribution in [3.63, 3.8) is 0 Å². The lowest BCUT2D eigenvalue weighted by Crippen LogP contribution is -2.28. The first kappa shape index (κ1) is 27.1. The molecule has 0 saturated carbocycles. The van der Waals surface area contributed by atoms with Gasteiger partial charge < -0.3 is 24.6 Å². The first-order valence-corrected chi connectivity index (χ1v) is 12.8. The number of ether oxygens (including phenoxy) is 1. The van der Waals surface area contributed by atoms with Crippen LogP contribution in [0.2, 0.25) is 0 Å². The zero-order valence-electron chi connectivity index (χ0n) is 22.5. The largest absolute Gasteiger partial charge is 0.481 e. The van der Waals surface area contributed by atoms with Gasteiger partial charge in [-0.2, -0.15) is 10.2 Å². The molecule has 0 radical (unpaired) electrons. The Morgan fingerprint density at radius 3 is 2.79 bits per heavy atom. The Hall–Kier alpha value is -3.97. The van der Waals surface area contributed by atoms with Crippen LogP contribution in [0.4, 0.5) is 11.6 Å². The van der Waals surface area contributed by atoms with Crippen molar-refractivity contribution >= 4 is 17.6 Å². The number of rotatable bonds is 10. The minimum atomic E-state index is -0.810. The van der Waals surface area contributed by atoms with Gasteiger partial charge in [0.25, 0.3) is 11.8 Å². The SMILES string of the molecule is CC(C)Oc1ncc(-c2nc(N3CCc4cc([C@H](CC(C)(C)C)NCCC(=O)O)ccc43)no2)cc1C#N. The average Bonchev–Trinajstić information content (AvgIpc) is 3.49. The molecule has 0 spiro atoms. The number of nitrogens with one attached hydrogen (secondary N) is 1. The molecule has 2 N–H and O–H groups in total. The molecule has 38 heavy (non-hydrogen) atoms. The number of nitriles is 1. The highest BCUT2D eigenvalue weighted by Crippen LogP contribution is 2.37. The van der Waals surface area contributed by atoms with Crippen molar-refractivity contribution in [2.24, 2.45) is 5.41 Å². The second-order valence-corrected chi connectivity index (χ2v) is 11.0. The highest BCUT2D eigenvalue weighted by Gasteiger charge is 2.27. The fraction of sp³-hybridized carbons (Fsp3) is 0.464. The molecule has 1 atom stereocenters. The molecule has 3 aromatic rings. The summed E-state index contributed by atoms with van der Waals surface area (Å²) < 4.78 is 11.1. The summed E-state index contributed by atoms with van der Waals surface area (Å²) in [6.07, 6.45) is 3.25. The van der Waals surface area contributed by atoms with E-state index in [2.05, 4.69) is 65.5 Å². The van der Waals surface area contributed by atoms with Crippen LogP contribution in [0, 0.1) is 16.7 Å². The molecule has 10 heteroatoms. The molecule has 0 bridgehead atoms. The molecule has 1 aromatic carbocycles. The number of hydrogen-bond donors (Lipinski definition) is 2. The maximum atomic E-state index is 11.0. The molecule has 0 aliphatic carbocycles. The van der Waals surface area contributed by atoms with Crippen molar-refractivity contribution in [2.45, 2.75) is 66.0 Å². The summed E-state index contributed by atoms with van der Waals surface area (Å²) in [7, 11) is 0. The number of carboxylic acids is 1. The lowest BCUT2D eigenvalue weighted by molar-refractivity contribution is -0.136. The van der Waals surface area contributed by atoms with Crippen LogP contribution in [0.3, 0.4) is 0 Å². The van der Waals surface area contributed by atoms with Crippen LogP contribution >= 0.6 is 0 Å². The third kappa shape index (κ3) is 6.47. The molecular weight excluding hydrogens is 484 g/mol. The molecule has 0 fully saturated rings. The molecule has 3 heterocycles. The van der Waals surface area contributed by atoms with Gasteiger partial charge in [-0.1, -0.05) is 32.9 Å². The molecule has 0 unspecified atom stereocenters. The maximum Gasteiger partial charge on any atom is 0.304 e. The van der Waals surface area contributed by atoms with E-state index < -0.39 is 5.97 Å². The molecule has 1 aliphatic heterocycles. The number of carbonyl (C=O) groups is 1. The minimum Gasteiger partial charge on any atom is -0.481 e. The van der Waals surface area contributed by atoms with Gasteiger partial charge >= 0.3 is 5.97 Å². The lowest BCUT2D eigenvalue weighted by Gasteiger charge is -2.28. The van der Waals surface area contributed by atoms with Crippen molar-refractivity contribution in [1.82, 2.24) is 20.4 Å². The monoisotopic (exact) mass is 518 g/mol. The number of fused-ring (bicyclic) bond motifs is 1. The normalized spacial score (nSPS) is 13.9. The first-order chi connectivity index (χ1) is 18.0. The van der Waals surface area contributed by atoms with Crippen LogP contribution < -0.4 is 15.0 Å². The summed E-state index contributed by atoms with van der Waals surface area (Å²) in [5.74, 6) is 0.185. The van der Waals surface area contributed by atoms with Crippen molar-refractivity contribution in [3.8, 4) is 23.4 Å². The molecule has 0 amide bonds. The number of anilines is 2. The van der Waals surface area contributed by atoms with E-state index in [1.165, 1.54) is 5.56 Å². The second kappa shape index (κ2) is 11.2. The van der Waals surface area contributed by atoms with Crippen LogP contribution in [-0.4, -0.2) is 45.4 Å². The third-order valence-electron chi connectivity index (χ3n) is 6.17. The molecule has 1 aliphatic rings. The van der Waals surface area contributed by atoms with E-state index in [1.807, 2.05) is 18.7 Å². The Morgan fingerprint density at radius 1 is 1.32 bits per heavy atom. The van der Waals surface area contributed by atoms with Crippen LogP contribution in [-0.2, 0) is 11.2 Å². The summed E-state index contributed by atoms with van der Waals surface area (Å²) in [4.78, 5) is 21.9. The van der Waals surface area contributed by atoms with Crippen LogP contribution in [0.5, 0.6) is 5.88 Å². The van der Waals surface area contributed by atoms with Gasteiger partial charge in [0.2, 0.25) is 5.88 Å². The number of pyridine rings is 1. The quantitative estimate of drug-likeness (QED) is 0.376. The van der Waals surface area contributed by atoms with Gasteiger partial charge in [-0.05, 0) is 60.5 Å². The van der Waals surface area contributed by atoms with Crippen LogP contribution in [0.1, 0.15) is 70.2 Å². The fourth-order valence-corrected chi connectivity index (χ4v) is 4.53. The number of aromatic nitrogens is 3. The Morgan fingerprint density at radius 2 is 2.11 bits per heavy atom. The number of carboxylic acid groups (broad SMARTS) is 1. The summed E-state index contributed by atoms with van der Waals surface area (Å²) in [6.45, 7) is 11.4.